The zero-order valence-electron chi connectivity index (χ0n) is 9.35. The van der Waals surface area contributed by atoms with Crippen LogP contribution in [0.3, 0.4) is 0 Å². The third-order valence-electron chi connectivity index (χ3n) is 2.08. The van der Waals surface area contributed by atoms with Crippen molar-refractivity contribution in [2.75, 3.05) is 12.4 Å². The van der Waals surface area contributed by atoms with Crippen LogP contribution >= 0.6 is 0 Å². The molecule has 5 nitrogen and oxygen atoms in total. The van der Waals surface area contributed by atoms with E-state index in [-0.39, 0.29) is 10.5 Å². The van der Waals surface area contributed by atoms with E-state index >= 15 is 0 Å². The van der Waals surface area contributed by atoms with Gasteiger partial charge < -0.3 is 5.11 Å². The molecule has 0 saturated carbocycles. The van der Waals surface area contributed by atoms with Gasteiger partial charge in [0.25, 0.3) is 0 Å². The van der Waals surface area contributed by atoms with Crippen molar-refractivity contribution in [3.8, 4) is 0 Å². The van der Waals surface area contributed by atoms with Gasteiger partial charge in [0, 0.05) is 0 Å². The summed E-state index contributed by atoms with van der Waals surface area (Å²) < 4.78 is 61.7. The maximum absolute atomic E-state index is 11.7. The van der Waals surface area contributed by atoms with Gasteiger partial charge in [-0.1, -0.05) is 0 Å². The second-order valence-corrected chi connectivity index (χ2v) is 5.55. The lowest BCUT2D eigenvalue weighted by Crippen LogP contribution is -2.20. The molecule has 1 aromatic rings. The number of rotatable bonds is 5. The number of hydrogen-bond donors (Lipinski definition) is 1. The first-order valence-corrected chi connectivity index (χ1v) is 6.54. The number of hydrogen-bond acceptors (Lipinski definition) is 4. The number of halogens is 3. The Morgan fingerprint density at radius 3 is 2.16 bits per heavy atom. The summed E-state index contributed by atoms with van der Waals surface area (Å²) in [5, 5.41) is 8.62. The lowest BCUT2D eigenvalue weighted by molar-refractivity contribution is -0.322. The molecule has 0 heterocycles. The van der Waals surface area contributed by atoms with E-state index < -0.39 is 34.5 Å². The molecule has 0 radical (unpaired) electrons. The van der Waals surface area contributed by atoms with Crippen LogP contribution < -0.4 is 0 Å². The maximum Gasteiger partial charge on any atom is 0.522 e. The Morgan fingerprint density at radius 1 is 1.21 bits per heavy atom. The number of ether oxygens (including phenoxy) is 1. The Kier molecular flexibility index (Phi) is 4.53. The predicted molar refractivity (Wildman–Crippen MR) is 57.5 cm³/mol. The summed E-state index contributed by atoms with van der Waals surface area (Å²) >= 11 is 0. The smallest absolute Gasteiger partial charge is 0.478 e. The first kappa shape index (κ1) is 15.4. The molecule has 0 amide bonds. The highest BCUT2D eigenvalue weighted by atomic mass is 32.2. The summed E-state index contributed by atoms with van der Waals surface area (Å²) in [4.78, 5) is 10.3. The van der Waals surface area contributed by atoms with Gasteiger partial charge in [-0.2, -0.15) is 0 Å². The van der Waals surface area contributed by atoms with Gasteiger partial charge in [0.15, 0.2) is 9.84 Å². The molecule has 0 aliphatic heterocycles. The van der Waals surface area contributed by atoms with Crippen LogP contribution in [0.15, 0.2) is 29.2 Å². The van der Waals surface area contributed by atoms with Crippen molar-refractivity contribution >= 4 is 15.8 Å². The fourth-order valence-corrected chi connectivity index (χ4v) is 2.28. The van der Waals surface area contributed by atoms with Gasteiger partial charge in [-0.05, 0) is 24.3 Å². The highest BCUT2D eigenvalue weighted by molar-refractivity contribution is 7.91. The molecule has 9 heteroatoms. The minimum Gasteiger partial charge on any atom is -0.478 e. The van der Waals surface area contributed by atoms with Gasteiger partial charge in [-0.3, -0.25) is 4.74 Å². The van der Waals surface area contributed by atoms with Crippen molar-refractivity contribution in [3.63, 3.8) is 0 Å². The zero-order valence-corrected chi connectivity index (χ0v) is 10.2. The van der Waals surface area contributed by atoms with Gasteiger partial charge in [-0.25, -0.2) is 13.2 Å². The molecule has 0 fully saturated rings. The topological polar surface area (TPSA) is 80.7 Å². The van der Waals surface area contributed by atoms with Crippen molar-refractivity contribution in [2.45, 2.75) is 11.3 Å². The van der Waals surface area contributed by atoms with E-state index in [1.54, 1.807) is 0 Å². The Balaban J connectivity index is 2.75. The van der Waals surface area contributed by atoms with Crippen LogP contribution in [0.1, 0.15) is 10.4 Å². The molecule has 19 heavy (non-hydrogen) atoms. The lowest BCUT2D eigenvalue weighted by Gasteiger charge is -2.08. The van der Waals surface area contributed by atoms with Gasteiger partial charge in [0.2, 0.25) is 0 Å². The third kappa shape index (κ3) is 4.87. The number of benzene rings is 1. The lowest BCUT2D eigenvalue weighted by atomic mass is 10.2. The summed E-state index contributed by atoms with van der Waals surface area (Å²) in [6.45, 7) is -1.02. The summed E-state index contributed by atoms with van der Waals surface area (Å²) in [5.41, 5.74) is -0.120. The molecule has 0 saturated heterocycles. The van der Waals surface area contributed by atoms with Crippen molar-refractivity contribution in [1.82, 2.24) is 0 Å². The molecule has 1 N–H and O–H groups in total. The summed E-state index contributed by atoms with van der Waals surface area (Å²) in [5.74, 6) is -2.08. The van der Waals surface area contributed by atoms with E-state index in [2.05, 4.69) is 4.74 Å². The maximum atomic E-state index is 11.7. The molecule has 1 rings (SSSR count). The van der Waals surface area contributed by atoms with Crippen LogP contribution in [0.5, 0.6) is 0 Å². The van der Waals surface area contributed by atoms with Gasteiger partial charge in [0.1, 0.15) is 0 Å². The zero-order chi connectivity index (χ0) is 14.7. The highest BCUT2D eigenvalue weighted by Gasteiger charge is 2.29. The van der Waals surface area contributed by atoms with Crippen LogP contribution in [0.25, 0.3) is 0 Å². The number of alkyl halides is 3. The molecule has 106 valence electrons. The molecule has 1 aromatic carbocycles. The van der Waals surface area contributed by atoms with E-state index in [9.17, 15) is 26.4 Å². The molecule has 0 aliphatic carbocycles. The van der Waals surface area contributed by atoms with Gasteiger partial charge in [-0.15, -0.1) is 13.2 Å². The molecule has 0 aromatic heterocycles. The van der Waals surface area contributed by atoms with E-state index in [1.807, 2.05) is 0 Å². The highest BCUT2D eigenvalue weighted by Crippen LogP contribution is 2.17. The molecule has 0 aliphatic rings. The van der Waals surface area contributed by atoms with Crippen molar-refractivity contribution in [2.24, 2.45) is 0 Å². The van der Waals surface area contributed by atoms with E-state index in [4.69, 9.17) is 5.11 Å². The molecule has 0 spiro atoms. The fraction of sp³-hybridized carbons (Fsp3) is 0.300. The summed E-state index contributed by atoms with van der Waals surface area (Å²) in [7, 11) is -3.94. The van der Waals surface area contributed by atoms with Crippen molar-refractivity contribution < 1.29 is 36.2 Å². The summed E-state index contributed by atoms with van der Waals surface area (Å²) in [6.07, 6.45) is -4.89. The average Bonchev–Trinajstić information content (AvgIpc) is 2.27. The number of carboxylic acids is 1. The SMILES string of the molecule is O=C(O)c1ccc(S(=O)(=O)CCOC(F)(F)F)cc1. The minimum atomic E-state index is -4.89. The largest absolute Gasteiger partial charge is 0.522 e. The van der Waals surface area contributed by atoms with Crippen molar-refractivity contribution in [3.05, 3.63) is 29.8 Å². The Morgan fingerprint density at radius 2 is 1.74 bits per heavy atom. The monoisotopic (exact) mass is 298 g/mol. The van der Waals surface area contributed by atoms with Gasteiger partial charge in [0.05, 0.1) is 22.8 Å². The Hall–Kier alpha value is -1.61. The second-order valence-electron chi connectivity index (χ2n) is 3.44. The van der Waals surface area contributed by atoms with Gasteiger partial charge >= 0.3 is 12.3 Å². The third-order valence-corrected chi connectivity index (χ3v) is 3.77. The van der Waals surface area contributed by atoms with Crippen LogP contribution in [-0.4, -0.2) is 38.2 Å². The number of carboxylic acid groups (broad SMARTS) is 1. The molecule has 0 bridgehead atoms. The second kappa shape index (κ2) is 5.57. The molecular weight excluding hydrogens is 289 g/mol. The first-order valence-electron chi connectivity index (χ1n) is 4.88. The van der Waals surface area contributed by atoms with E-state index in [0.29, 0.717) is 0 Å². The normalized spacial score (nSPS) is 12.4. The number of sulfone groups is 1. The Bertz CT molecular complexity index is 548. The standard InChI is InChI=1S/C10H9F3O5S/c11-10(12,13)18-5-6-19(16,17)8-3-1-7(2-4-8)9(14)15/h1-4H,5-6H2,(H,14,15). The molecule has 0 unspecified atom stereocenters. The molecule has 0 atom stereocenters. The fourth-order valence-electron chi connectivity index (χ4n) is 1.19. The average molecular weight is 298 g/mol. The first-order chi connectivity index (χ1) is 8.62. The van der Waals surface area contributed by atoms with Crippen molar-refractivity contribution in [1.29, 1.82) is 0 Å². The number of carbonyl (C=O) groups is 1. The van der Waals surface area contributed by atoms with Crippen LogP contribution in [0.4, 0.5) is 13.2 Å². The summed E-state index contributed by atoms with van der Waals surface area (Å²) in [6, 6.07) is 4.15. The number of aromatic carboxylic acids is 1. The quantitative estimate of drug-likeness (QED) is 0.894. The van der Waals surface area contributed by atoms with E-state index in [1.165, 1.54) is 0 Å². The van der Waals surface area contributed by atoms with Crippen LogP contribution in [0, 0.1) is 0 Å². The predicted octanol–water partition coefficient (Wildman–Crippen LogP) is 1.69. The van der Waals surface area contributed by atoms with Crippen LogP contribution in [-0.2, 0) is 14.6 Å². The van der Waals surface area contributed by atoms with E-state index in [0.717, 1.165) is 24.3 Å². The minimum absolute atomic E-state index is 0.120. The van der Waals surface area contributed by atoms with Crippen LogP contribution in [0.2, 0.25) is 0 Å². The Labute approximate surface area is 106 Å². The molecular formula is C10H9F3O5S.